The highest BCUT2D eigenvalue weighted by Gasteiger charge is 2.35. The van der Waals surface area contributed by atoms with Gasteiger partial charge in [-0.3, -0.25) is 19.7 Å². The molecule has 9 heteroatoms. The molecular formula is C17H13BrClN3O4. The first kappa shape index (κ1) is 18.3. The Morgan fingerprint density at radius 2 is 1.96 bits per heavy atom. The van der Waals surface area contributed by atoms with E-state index in [4.69, 9.17) is 11.6 Å². The molecule has 26 heavy (non-hydrogen) atoms. The first-order chi connectivity index (χ1) is 12.3. The van der Waals surface area contributed by atoms with Crippen molar-refractivity contribution in [2.45, 2.75) is 6.42 Å². The lowest BCUT2D eigenvalue weighted by molar-refractivity contribution is -0.384. The Labute approximate surface area is 162 Å². The van der Waals surface area contributed by atoms with Crippen molar-refractivity contribution in [1.29, 1.82) is 0 Å². The van der Waals surface area contributed by atoms with Crippen LogP contribution in [0.3, 0.4) is 0 Å². The SMILES string of the molecule is O=C(Nc1ccc([N+](=O)[O-])c(Cl)c1)[C@@H]1CC(=O)N(c2ccc(Br)cc2)C1. The van der Waals surface area contributed by atoms with Crippen LogP contribution in [0.5, 0.6) is 0 Å². The van der Waals surface area contributed by atoms with Crippen LogP contribution in [0.25, 0.3) is 0 Å². The number of carbonyl (C=O) groups is 2. The Morgan fingerprint density at radius 1 is 1.27 bits per heavy atom. The van der Waals surface area contributed by atoms with Crippen LogP contribution in [0.1, 0.15) is 6.42 Å². The molecule has 1 aliphatic heterocycles. The number of anilines is 2. The van der Waals surface area contributed by atoms with Crippen molar-refractivity contribution in [3.63, 3.8) is 0 Å². The number of nitrogens with one attached hydrogen (secondary N) is 1. The number of nitrogens with zero attached hydrogens (tertiary/aromatic N) is 2. The summed E-state index contributed by atoms with van der Waals surface area (Å²) in [5, 5.41) is 13.4. The van der Waals surface area contributed by atoms with Crippen LogP contribution in [0.4, 0.5) is 17.1 Å². The van der Waals surface area contributed by atoms with Gasteiger partial charge < -0.3 is 10.2 Å². The molecule has 0 radical (unpaired) electrons. The van der Waals surface area contributed by atoms with Crippen molar-refractivity contribution in [3.8, 4) is 0 Å². The van der Waals surface area contributed by atoms with Gasteiger partial charge in [-0.25, -0.2) is 0 Å². The Bertz CT molecular complexity index is 888. The summed E-state index contributed by atoms with van der Waals surface area (Å²) in [4.78, 5) is 36.4. The summed E-state index contributed by atoms with van der Waals surface area (Å²) in [5.41, 5.74) is 0.842. The average Bonchev–Trinajstić information content (AvgIpc) is 2.97. The van der Waals surface area contributed by atoms with Crippen molar-refractivity contribution in [1.82, 2.24) is 0 Å². The fourth-order valence-electron chi connectivity index (χ4n) is 2.73. The molecule has 1 atom stereocenters. The van der Waals surface area contributed by atoms with E-state index in [0.29, 0.717) is 5.69 Å². The number of hydrogen-bond donors (Lipinski definition) is 1. The van der Waals surface area contributed by atoms with Gasteiger partial charge in [0.15, 0.2) is 0 Å². The maximum Gasteiger partial charge on any atom is 0.288 e. The van der Waals surface area contributed by atoms with Crippen molar-refractivity contribution in [3.05, 3.63) is 62.1 Å². The lowest BCUT2D eigenvalue weighted by Crippen LogP contribution is -2.28. The zero-order valence-electron chi connectivity index (χ0n) is 13.3. The van der Waals surface area contributed by atoms with Crippen molar-refractivity contribution < 1.29 is 14.5 Å². The first-order valence-electron chi connectivity index (χ1n) is 7.66. The van der Waals surface area contributed by atoms with Crippen LogP contribution in [0, 0.1) is 16.0 Å². The summed E-state index contributed by atoms with van der Waals surface area (Å²) in [6, 6.07) is 11.2. The standard InChI is InChI=1S/C17H13BrClN3O4/c18-11-1-4-13(5-2-11)21-9-10(7-16(21)23)17(24)20-12-3-6-15(22(25)26)14(19)8-12/h1-6,8,10H,7,9H2,(H,20,24)/t10-/m1/s1. The summed E-state index contributed by atoms with van der Waals surface area (Å²) in [6.45, 7) is 0.271. The Hall–Kier alpha value is -2.45. The van der Waals surface area contributed by atoms with Gasteiger partial charge >= 0.3 is 0 Å². The Kier molecular flexibility index (Phi) is 5.24. The summed E-state index contributed by atoms with van der Waals surface area (Å²) in [5.74, 6) is -0.975. The van der Waals surface area contributed by atoms with Crippen LogP contribution in [0.2, 0.25) is 5.02 Å². The van der Waals surface area contributed by atoms with Gasteiger partial charge in [0.2, 0.25) is 11.8 Å². The molecule has 0 spiro atoms. The van der Waals surface area contributed by atoms with Crippen molar-refractivity contribution in [2.75, 3.05) is 16.8 Å². The van der Waals surface area contributed by atoms with E-state index in [1.54, 1.807) is 17.0 Å². The van der Waals surface area contributed by atoms with Gasteiger partial charge in [0, 0.05) is 34.9 Å². The number of nitro groups is 1. The molecule has 3 rings (SSSR count). The van der Waals surface area contributed by atoms with Gasteiger partial charge in [-0.05, 0) is 36.4 Å². The minimum absolute atomic E-state index is 0.0632. The number of benzene rings is 2. The van der Waals surface area contributed by atoms with Crippen molar-refractivity contribution in [2.24, 2.45) is 5.92 Å². The summed E-state index contributed by atoms with van der Waals surface area (Å²) in [7, 11) is 0. The molecule has 2 aromatic carbocycles. The molecule has 7 nitrogen and oxygen atoms in total. The predicted octanol–water partition coefficient (Wildman–Crippen LogP) is 4.00. The van der Waals surface area contributed by atoms with E-state index in [1.807, 2.05) is 12.1 Å². The maximum absolute atomic E-state index is 12.4. The number of amides is 2. The minimum atomic E-state index is -0.598. The minimum Gasteiger partial charge on any atom is -0.326 e. The molecule has 0 aromatic heterocycles. The predicted molar refractivity (Wildman–Crippen MR) is 101 cm³/mol. The molecule has 1 saturated heterocycles. The Balaban J connectivity index is 1.69. The number of carbonyl (C=O) groups excluding carboxylic acids is 2. The van der Waals surface area contributed by atoms with E-state index in [2.05, 4.69) is 21.2 Å². The molecule has 1 fully saturated rings. The van der Waals surface area contributed by atoms with Crippen LogP contribution in [-0.4, -0.2) is 23.3 Å². The zero-order chi connectivity index (χ0) is 18.8. The highest BCUT2D eigenvalue weighted by atomic mass is 79.9. The lowest BCUT2D eigenvalue weighted by Gasteiger charge is -2.16. The van der Waals surface area contributed by atoms with E-state index in [9.17, 15) is 19.7 Å². The van der Waals surface area contributed by atoms with Crippen molar-refractivity contribution >= 4 is 56.4 Å². The summed E-state index contributed by atoms with van der Waals surface area (Å²) < 4.78 is 0.900. The number of halogens is 2. The third kappa shape index (κ3) is 3.86. The van der Waals surface area contributed by atoms with Gasteiger partial charge in [0.25, 0.3) is 5.69 Å². The lowest BCUT2D eigenvalue weighted by atomic mass is 10.1. The van der Waals surface area contributed by atoms with E-state index in [-0.39, 0.29) is 35.5 Å². The maximum atomic E-state index is 12.4. The highest BCUT2D eigenvalue weighted by molar-refractivity contribution is 9.10. The molecule has 2 amide bonds. The quantitative estimate of drug-likeness (QED) is 0.577. The third-order valence-corrected chi connectivity index (χ3v) is 4.88. The Morgan fingerprint density at radius 3 is 2.58 bits per heavy atom. The van der Waals surface area contributed by atoms with Crippen LogP contribution >= 0.6 is 27.5 Å². The first-order valence-corrected chi connectivity index (χ1v) is 8.83. The van der Waals surface area contributed by atoms with Gasteiger partial charge in [-0.2, -0.15) is 0 Å². The molecule has 1 heterocycles. The number of rotatable bonds is 4. The van der Waals surface area contributed by atoms with E-state index >= 15 is 0 Å². The molecule has 0 bridgehead atoms. The zero-order valence-corrected chi connectivity index (χ0v) is 15.7. The average molecular weight is 439 g/mol. The molecule has 0 aliphatic carbocycles. The van der Waals surface area contributed by atoms with Gasteiger partial charge in [-0.15, -0.1) is 0 Å². The largest absolute Gasteiger partial charge is 0.326 e. The normalized spacial score (nSPS) is 16.6. The molecule has 2 aromatic rings. The number of nitro benzene ring substituents is 1. The third-order valence-electron chi connectivity index (χ3n) is 4.05. The molecule has 134 valence electrons. The van der Waals surface area contributed by atoms with Crippen LogP contribution in [-0.2, 0) is 9.59 Å². The smallest absolute Gasteiger partial charge is 0.288 e. The molecule has 1 N–H and O–H groups in total. The topological polar surface area (TPSA) is 92.5 Å². The van der Waals surface area contributed by atoms with Gasteiger partial charge in [0.1, 0.15) is 5.02 Å². The number of hydrogen-bond acceptors (Lipinski definition) is 4. The summed E-state index contributed by atoms with van der Waals surface area (Å²) >= 11 is 9.19. The second-order valence-electron chi connectivity index (χ2n) is 5.79. The highest BCUT2D eigenvalue weighted by Crippen LogP contribution is 2.29. The molecule has 0 unspecified atom stereocenters. The second-order valence-corrected chi connectivity index (χ2v) is 7.12. The van der Waals surface area contributed by atoms with E-state index in [1.165, 1.54) is 18.2 Å². The van der Waals surface area contributed by atoms with Crippen LogP contribution < -0.4 is 10.2 Å². The fraction of sp³-hybridized carbons (Fsp3) is 0.176. The van der Waals surface area contributed by atoms with Crippen LogP contribution in [0.15, 0.2) is 46.9 Å². The molecule has 1 aliphatic rings. The second kappa shape index (κ2) is 7.43. The van der Waals surface area contributed by atoms with Gasteiger partial charge in [0.05, 0.1) is 10.8 Å². The molecule has 0 saturated carbocycles. The fourth-order valence-corrected chi connectivity index (χ4v) is 3.24. The monoisotopic (exact) mass is 437 g/mol. The summed E-state index contributed by atoms with van der Waals surface area (Å²) in [6.07, 6.45) is 0.0998. The van der Waals surface area contributed by atoms with E-state index in [0.717, 1.165) is 10.2 Å². The van der Waals surface area contributed by atoms with Gasteiger partial charge in [-0.1, -0.05) is 27.5 Å². The molecular weight excluding hydrogens is 426 g/mol. The van der Waals surface area contributed by atoms with E-state index < -0.39 is 10.8 Å².